The highest BCUT2D eigenvalue weighted by atomic mass is 28.2. The number of hydrogen-bond acceptors (Lipinski definition) is 1. The molecular formula is C13H11OSi-. The van der Waals surface area contributed by atoms with Crippen LogP contribution in [-0.4, -0.2) is 9.41 Å². The van der Waals surface area contributed by atoms with Crippen molar-refractivity contribution in [3.63, 3.8) is 0 Å². The van der Waals surface area contributed by atoms with Gasteiger partial charge in [0.2, 0.25) is 0 Å². The highest BCUT2D eigenvalue weighted by Gasteiger charge is 2.02. The van der Waals surface area contributed by atoms with Crippen LogP contribution >= 0.6 is 0 Å². The number of rotatable bonds is 3. The van der Waals surface area contributed by atoms with E-state index in [2.05, 4.69) is 0 Å². The fraction of sp³-hybridized carbons (Fsp3) is 0.0769. The maximum Gasteiger partial charge on any atom is -0.0612 e. The Morgan fingerprint density at radius 3 is 1.47 bits per heavy atom. The van der Waals surface area contributed by atoms with Gasteiger partial charge < -0.3 is 4.46 Å². The molecule has 0 aliphatic heterocycles. The monoisotopic (exact) mass is 211 g/mol. The molecule has 74 valence electrons. The Bertz CT molecular complexity index is 385. The third-order valence-corrected chi connectivity index (χ3v) is 3.29. The summed E-state index contributed by atoms with van der Waals surface area (Å²) in [4.78, 5) is 0. The first-order valence-corrected chi connectivity index (χ1v) is 5.88. The molecule has 0 saturated carbocycles. The van der Waals surface area contributed by atoms with Crippen molar-refractivity contribution >= 4 is 9.41 Å². The highest BCUT2D eigenvalue weighted by molar-refractivity contribution is 6.21. The summed E-state index contributed by atoms with van der Waals surface area (Å²) in [6.45, 7) is 0. The summed E-state index contributed by atoms with van der Waals surface area (Å²) in [6, 6.07) is 19.9. The fourth-order valence-corrected chi connectivity index (χ4v) is 2.28. The molecule has 0 N–H and O–H groups in total. The molecule has 0 spiro atoms. The Kier molecular flexibility index (Phi) is 3.20. The maximum absolute atomic E-state index is 11.3. The first-order chi connectivity index (χ1) is 7.42. The topological polar surface area (TPSA) is 17.1 Å². The van der Waals surface area contributed by atoms with E-state index in [0.29, 0.717) is 0 Å². The van der Waals surface area contributed by atoms with E-state index in [-0.39, 0.29) is 14.9 Å². The summed E-state index contributed by atoms with van der Waals surface area (Å²) < 4.78 is 11.3. The summed E-state index contributed by atoms with van der Waals surface area (Å²) in [5, 5.41) is 0. The van der Waals surface area contributed by atoms with Gasteiger partial charge in [-0.2, -0.15) is 9.41 Å². The molecule has 0 unspecified atom stereocenters. The molecule has 2 aromatic rings. The van der Waals surface area contributed by atoms with Gasteiger partial charge in [-0.15, -0.1) is 0 Å². The van der Waals surface area contributed by atoms with E-state index in [1.807, 2.05) is 60.7 Å². The summed E-state index contributed by atoms with van der Waals surface area (Å²) >= 11 is 0. The highest BCUT2D eigenvalue weighted by Crippen LogP contribution is 2.21. The lowest BCUT2D eigenvalue weighted by atomic mass is 10.0. The SMILES string of the molecule is O=[Si-]C(c1ccccc1)c1ccccc1. The molecule has 2 aromatic carbocycles. The average molecular weight is 211 g/mol. The van der Waals surface area contributed by atoms with Crippen LogP contribution in [0.4, 0.5) is 0 Å². The van der Waals surface area contributed by atoms with Crippen LogP contribution in [0.1, 0.15) is 16.7 Å². The average Bonchev–Trinajstić information content (AvgIpc) is 2.33. The van der Waals surface area contributed by atoms with Crippen molar-refractivity contribution in [3.05, 3.63) is 71.8 Å². The van der Waals surface area contributed by atoms with Crippen LogP contribution in [0.3, 0.4) is 0 Å². The summed E-state index contributed by atoms with van der Waals surface area (Å²) in [7, 11) is -0.346. The van der Waals surface area contributed by atoms with Gasteiger partial charge in [0.05, 0.1) is 0 Å². The third kappa shape index (κ3) is 2.28. The first-order valence-electron chi connectivity index (χ1n) is 4.89. The van der Waals surface area contributed by atoms with Crippen LogP contribution in [-0.2, 0) is 4.46 Å². The molecule has 0 fully saturated rings. The molecule has 2 rings (SSSR count). The van der Waals surface area contributed by atoms with Crippen molar-refractivity contribution in [2.24, 2.45) is 0 Å². The lowest BCUT2D eigenvalue weighted by Crippen LogP contribution is -2.03. The Morgan fingerprint density at radius 1 is 0.733 bits per heavy atom. The van der Waals surface area contributed by atoms with E-state index >= 15 is 0 Å². The van der Waals surface area contributed by atoms with Crippen molar-refractivity contribution in [2.75, 3.05) is 0 Å². The third-order valence-electron chi connectivity index (χ3n) is 2.38. The zero-order valence-corrected chi connectivity index (χ0v) is 9.26. The molecular weight excluding hydrogens is 200 g/mol. The van der Waals surface area contributed by atoms with Crippen molar-refractivity contribution in [1.29, 1.82) is 0 Å². The summed E-state index contributed by atoms with van der Waals surface area (Å²) in [5.74, 6) is 0. The molecule has 2 heteroatoms. The van der Waals surface area contributed by atoms with E-state index in [9.17, 15) is 4.46 Å². The Morgan fingerprint density at radius 2 is 1.13 bits per heavy atom. The Balaban J connectivity index is 2.38. The van der Waals surface area contributed by atoms with Gasteiger partial charge in [0, 0.05) is 0 Å². The van der Waals surface area contributed by atoms with E-state index < -0.39 is 0 Å². The predicted octanol–water partition coefficient (Wildman–Crippen LogP) is 2.83. The lowest BCUT2D eigenvalue weighted by Gasteiger charge is -2.19. The maximum atomic E-state index is 11.3. The minimum Gasteiger partial charge on any atom is -0.619 e. The summed E-state index contributed by atoms with van der Waals surface area (Å²) in [5.41, 5.74) is 2.22. The molecule has 0 saturated heterocycles. The van der Waals surface area contributed by atoms with Gasteiger partial charge in [-0.1, -0.05) is 77.3 Å². The fourth-order valence-electron chi connectivity index (χ4n) is 1.62. The van der Waals surface area contributed by atoms with E-state index in [4.69, 9.17) is 0 Å². The van der Waals surface area contributed by atoms with Gasteiger partial charge in [0.25, 0.3) is 0 Å². The van der Waals surface area contributed by atoms with E-state index in [1.165, 1.54) is 0 Å². The van der Waals surface area contributed by atoms with Gasteiger partial charge in [-0.3, -0.25) is 0 Å². The second-order valence-corrected chi connectivity index (χ2v) is 4.19. The number of hydrogen-bond donors (Lipinski definition) is 0. The van der Waals surface area contributed by atoms with Gasteiger partial charge in [0.15, 0.2) is 0 Å². The van der Waals surface area contributed by atoms with Crippen molar-refractivity contribution in [3.8, 4) is 0 Å². The minimum absolute atomic E-state index is 0.00685. The van der Waals surface area contributed by atoms with Crippen LogP contribution in [0.15, 0.2) is 60.7 Å². The van der Waals surface area contributed by atoms with E-state index in [0.717, 1.165) is 11.1 Å². The Labute approximate surface area is 91.7 Å². The van der Waals surface area contributed by atoms with Crippen molar-refractivity contribution in [1.82, 2.24) is 0 Å². The number of benzene rings is 2. The molecule has 15 heavy (non-hydrogen) atoms. The zero-order valence-electron chi connectivity index (χ0n) is 8.26. The standard InChI is InChI=1S/C13H11OSi/c14-15-13(11-7-3-1-4-8-11)12-9-5-2-6-10-12/h1-10,13H/q-1. The van der Waals surface area contributed by atoms with Crippen molar-refractivity contribution < 1.29 is 4.46 Å². The smallest absolute Gasteiger partial charge is 0.0612 e. The molecule has 0 heterocycles. The molecule has 0 atom stereocenters. The van der Waals surface area contributed by atoms with Gasteiger partial charge in [-0.25, -0.2) is 0 Å². The van der Waals surface area contributed by atoms with Gasteiger partial charge >= 0.3 is 0 Å². The molecule has 0 aromatic heterocycles. The largest absolute Gasteiger partial charge is 0.619 e. The van der Waals surface area contributed by atoms with Crippen LogP contribution in [0, 0.1) is 0 Å². The molecule has 1 nitrogen and oxygen atoms in total. The molecule has 0 bridgehead atoms. The van der Waals surface area contributed by atoms with Crippen molar-refractivity contribution in [2.45, 2.75) is 5.54 Å². The van der Waals surface area contributed by atoms with Crippen LogP contribution < -0.4 is 0 Å². The molecule has 0 amide bonds. The van der Waals surface area contributed by atoms with E-state index in [1.54, 1.807) is 0 Å². The lowest BCUT2D eigenvalue weighted by molar-refractivity contribution is 0.571. The summed E-state index contributed by atoms with van der Waals surface area (Å²) in [6.07, 6.45) is 0. The van der Waals surface area contributed by atoms with Gasteiger partial charge in [0.1, 0.15) is 0 Å². The molecule has 0 radical (unpaired) electrons. The molecule has 0 aliphatic rings. The normalized spacial score (nSPS) is 10.2. The first kappa shape index (κ1) is 9.99. The molecule has 0 aliphatic carbocycles. The predicted molar refractivity (Wildman–Crippen MR) is 61.2 cm³/mol. The second kappa shape index (κ2) is 4.80. The quantitative estimate of drug-likeness (QED) is 0.713. The van der Waals surface area contributed by atoms with Crippen LogP contribution in [0.25, 0.3) is 0 Å². The second-order valence-electron chi connectivity index (χ2n) is 3.37. The van der Waals surface area contributed by atoms with Crippen LogP contribution in [0.2, 0.25) is 0 Å². The Hall–Kier alpha value is -1.54. The minimum atomic E-state index is -0.346. The zero-order chi connectivity index (χ0) is 10.5. The van der Waals surface area contributed by atoms with Crippen LogP contribution in [0.5, 0.6) is 0 Å². The van der Waals surface area contributed by atoms with Gasteiger partial charge in [-0.05, 0) is 0 Å².